The number of hydrogen-bond acceptors (Lipinski definition) is 7. The van der Waals surface area contributed by atoms with Gasteiger partial charge in [-0.15, -0.1) is 11.3 Å². The number of anilines is 1. The number of thiophene rings is 1. The normalized spacial score (nSPS) is 10.7. The van der Waals surface area contributed by atoms with E-state index in [2.05, 4.69) is 38.7 Å². The average Bonchev–Trinajstić information content (AvgIpc) is 3.26. The molecule has 0 radical (unpaired) electrons. The molecule has 7 nitrogen and oxygen atoms in total. The fourth-order valence-corrected chi connectivity index (χ4v) is 3.26. The molecule has 3 rings (SSSR count). The summed E-state index contributed by atoms with van der Waals surface area (Å²) in [5, 5.41) is 9.92. The highest BCUT2D eigenvalue weighted by molar-refractivity contribution is 7.15. The molecule has 3 heterocycles. The summed E-state index contributed by atoms with van der Waals surface area (Å²) in [5.41, 5.74) is 2.41. The summed E-state index contributed by atoms with van der Waals surface area (Å²) in [6, 6.07) is 5.97. The molecule has 26 heavy (non-hydrogen) atoms. The van der Waals surface area contributed by atoms with Crippen molar-refractivity contribution >= 4 is 23.2 Å². The maximum Gasteiger partial charge on any atom is 0.223 e. The van der Waals surface area contributed by atoms with E-state index in [1.54, 1.807) is 17.5 Å². The number of nitrogens with zero attached hydrogens (tertiary/aromatic N) is 3. The van der Waals surface area contributed by atoms with E-state index >= 15 is 0 Å². The number of rotatable bonds is 7. The minimum Gasteiger partial charge on any atom is -0.356 e. The Bertz CT molecular complexity index is 903. The SMILES string of the molecule is CCC(=O)NCCNc1ncc(-c2cc(C)no2)c(-c2ccc(C)s2)n1. The molecule has 0 fully saturated rings. The molecular weight excluding hydrogens is 350 g/mol. The zero-order valence-corrected chi connectivity index (χ0v) is 15.8. The first-order valence-electron chi connectivity index (χ1n) is 8.45. The molecular formula is C18H21N5O2S. The molecule has 3 aromatic rings. The minimum atomic E-state index is 0.0264. The van der Waals surface area contributed by atoms with E-state index in [4.69, 9.17) is 4.52 Å². The molecule has 8 heteroatoms. The number of carbonyl (C=O) groups is 1. The van der Waals surface area contributed by atoms with Crippen LogP contribution in [0.5, 0.6) is 0 Å². The first kappa shape index (κ1) is 18.1. The maximum absolute atomic E-state index is 11.3. The second-order valence-corrected chi connectivity index (χ2v) is 7.12. The molecule has 3 aromatic heterocycles. The highest BCUT2D eigenvalue weighted by Crippen LogP contribution is 2.35. The van der Waals surface area contributed by atoms with Crippen molar-refractivity contribution in [2.45, 2.75) is 27.2 Å². The van der Waals surface area contributed by atoms with Gasteiger partial charge in [0.15, 0.2) is 5.76 Å². The smallest absolute Gasteiger partial charge is 0.223 e. The summed E-state index contributed by atoms with van der Waals surface area (Å²) in [4.78, 5) is 22.6. The van der Waals surface area contributed by atoms with Crippen molar-refractivity contribution in [1.29, 1.82) is 0 Å². The van der Waals surface area contributed by atoms with E-state index < -0.39 is 0 Å². The van der Waals surface area contributed by atoms with Crippen molar-refractivity contribution in [2.24, 2.45) is 0 Å². The molecule has 0 bridgehead atoms. The monoisotopic (exact) mass is 371 g/mol. The third kappa shape index (κ3) is 4.26. The summed E-state index contributed by atoms with van der Waals surface area (Å²) in [6.07, 6.45) is 2.22. The Kier molecular flexibility index (Phi) is 5.62. The molecule has 2 N–H and O–H groups in total. The van der Waals surface area contributed by atoms with Crippen molar-refractivity contribution < 1.29 is 9.32 Å². The van der Waals surface area contributed by atoms with Gasteiger partial charge in [-0.2, -0.15) is 0 Å². The van der Waals surface area contributed by atoms with Gasteiger partial charge in [-0.3, -0.25) is 4.79 Å². The molecule has 0 saturated carbocycles. The Balaban J connectivity index is 1.84. The standard InChI is InChI=1S/C18H21N5O2S/c1-4-16(24)19-7-8-20-18-21-10-13(14-9-11(2)23-25-14)17(22-18)15-6-5-12(3)26-15/h5-6,9-10H,4,7-8H2,1-3H3,(H,19,24)(H,20,21,22). The van der Waals surface area contributed by atoms with Gasteiger partial charge in [0.25, 0.3) is 0 Å². The van der Waals surface area contributed by atoms with Crippen molar-refractivity contribution in [3.05, 3.63) is 35.0 Å². The predicted molar refractivity (Wildman–Crippen MR) is 102 cm³/mol. The van der Waals surface area contributed by atoms with Gasteiger partial charge >= 0.3 is 0 Å². The van der Waals surface area contributed by atoms with Crippen LogP contribution in [0.1, 0.15) is 23.9 Å². The van der Waals surface area contributed by atoms with E-state index in [0.29, 0.717) is 31.2 Å². The van der Waals surface area contributed by atoms with Crippen LogP contribution >= 0.6 is 11.3 Å². The highest BCUT2D eigenvalue weighted by atomic mass is 32.1. The molecule has 136 valence electrons. The van der Waals surface area contributed by atoms with Crippen molar-refractivity contribution in [3.63, 3.8) is 0 Å². The second-order valence-electron chi connectivity index (χ2n) is 5.83. The quantitative estimate of drug-likeness (QED) is 0.618. The lowest BCUT2D eigenvalue weighted by Crippen LogP contribution is -2.28. The maximum atomic E-state index is 11.3. The number of nitrogens with one attached hydrogen (secondary N) is 2. The number of hydrogen-bond donors (Lipinski definition) is 2. The largest absolute Gasteiger partial charge is 0.356 e. The molecule has 1 amide bonds. The van der Waals surface area contributed by atoms with Crippen LogP contribution in [0.2, 0.25) is 0 Å². The van der Waals surface area contributed by atoms with Crippen LogP contribution in [-0.2, 0) is 4.79 Å². The number of aryl methyl sites for hydroxylation is 2. The van der Waals surface area contributed by atoms with Crippen LogP contribution in [0, 0.1) is 13.8 Å². The Labute approximate surface area is 155 Å². The molecule has 0 saturated heterocycles. The second kappa shape index (κ2) is 8.09. The molecule has 0 aliphatic carbocycles. The Hall–Kier alpha value is -2.74. The zero-order valence-electron chi connectivity index (χ0n) is 15.0. The van der Waals surface area contributed by atoms with Crippen LogP contribution in [0.25, 0.3) is 21.9 Å². The third-order valence-corrected chi connectivity index (χ3v) is 4.71. The lowest BCUT2D eigenvalue weighted by molar-refractivity contribution is -0.120. The van der Waals surface area contributed by atoms with Crippen LogP contribution in [0.4, 0.5) is 5.95 Å². The first-order chi connectivity index (χ1) is 12.6. The molecule has 0 unspecified atom stereocenters. The molecule has 0 aromatic carbocycles. The van der Waals surface area contributed by atoms with Crippen LogP contribution < -0.4 is 10.6 Å². The highest BCUT2D eigenvalue weighted by Gasteiger charge is 2.16. The Morgan fingerprint density at radius 2 is 2.12 bits per heavy atom. The van der Waals surface area contributed by atoms with Gasteiger partial charge in [0.1, 0.15) is 0 Å². The lowest BCUT2D eigenvalue weighted by atomic mass is 10.1. The van der Waals surface area contributed by atoms with Crippen molar-refractivity contribution in [3.8, 4) is 21.9 Å². The zero-order chi connectivity index (χ0) is 18.5. The molecule has 0 spiro atoms. The predicted octanol–water partition coefficient (Wildman–Crippen LogP) is 3.42. The van der Waals surface area contributed by atoms with Gasteiger partial charge in [0.05, 0.1) is 21.8 Å². The van der Waals surface area contributed by atoms with Crippen molar-refractivity contribution in [1.82, 2.24) is 20.4 Å². The average molecular weight is 371 g/mol. The lowest BCUT2D eigenvalue weighted by Gasteiger charge is -2.09. The molecule has 0 atom stereocenters. The van der Waals surface area contributed by atoms with Gasteiger partial charge in [-0.05, 0) is 26.0 Å². The number of aromatic nitrogens is 3. The number of amides is 1. The van der Waals surface area contributed by atoms with Crippen LogP contribution in [-0.4, -0.2) is 34.1 Å². The molecule has 0 aliphatic rings. The van der Waals surface area contributed by atoms with Crippen molar-refractivity contribution in [2.75, 3.05) is 18.4 Å². The van der Waals surface area contributed by atoms with E-state index in [1.807, 2.05) is 26.0 Å². The topological polar surface area (TPSA) is 92.9 Å². The van der Waals surface area contributed by atoms with E-state index in [1.165, 1.54) is 4.88 Å². The van der Waals surface area contributed by atoms with Gasteiger partial charge in [-0.25, -0.2) is 9.97 Å². The third-order valence-electron chi connectivity index (χ3n) is 3.71. The summed E-state index contributed by atoms with van der Waals surface area (Å²) in [7, 11) is 0. The summed E-state index contributed by atoms with van der Waals surface area (Å²) in [5.74, 6) is 1.18. The summed E-state index contributed by atoms with van der Waals surface area (Å²) >= 11 is 1.66. The first-order valence-corrected chi connectivity index (χ1v) is 9.26. The van der Waals surface area contributed by atoms with Gasteiger partial charge in [0.2, 0.25) is 11.9 Å². The Morgan fingerprint density at radius 3 is 2.77 bits per heavy atom. The fourth-order valence-electron chi connectivity index (χ4n) is 2.39. The van der Waals surface area contributed by atoms with E-state index in [0.717, 1.165) is 21.8 Å². The van der Waals surface area contributed by atoms with Crippen LogP contribution in [0.3, 0.4) is 0 Å². The Morgan fingerprint density at radius 1 is 1.27 bits per heavy atom. The van der Waals surface area contributed by atoms with E-state index in [-0.39, 0.29) is 5.91 Å². The van der Waals surface area contributed by atoms with Gasteiger partial charge in [-0.1, -0.05) is 12.1 Å². The van der Waals surface area contributed by atoms with Gasteiger partial charge in [0, 0.05) is 36.7 Å². The number of carbonyl (C=O) groups excluding carboxylic acids is 1. The summed E-state index contributed by atoms with van der Waals surface area (Å²) < 4.78 is 5.40. The minimum absolute atomic E-state index is 0.0264. The van der Waals surface area contributed by atoms with Crippen LogP contribution in [0.15, 0.2) is 28.9 Å². The molecule has 0 aliphatic heterocycles. The van der Waals surface area contributed by atoms with Gasteiger partial charge < -0.3 is 15.2 Å². The van der Waals surface area contributed by atoms with E-state index in [9.17, 15) is 4.79 Å². The summed E-state index contributed by atoms with van der Waals surface area (Å²) in [6.45, 7) is 6.83. The fraction of sp³-hybridized carbons (Fsp3) is 0.333.